The van der Waals surface area contributed by atoms with Crippen LogP contribution >= 0.6 is 0 Å². The van der Waals surface area contributed by atoms with E-state index in [-0.39, 0.29) is 17.1 Å². The van der Waals surface area contributed by atoms with Crippen LogP contribution in [0.15, 0.2) is 58.3 Å². The average molecular weight is 363 g/mol. The largest absolute Gasteiger partial charge is 0.337 e. The van der Waals surface area contributed by atoms with Gasteiger partial charge in [-0.15, -0.1) is 0 Å². The number of anilines is 3. The Hall–Kier alpha value is -3.88. The molecule has 0 amide bonds. The fourth-order valence-electron chi connectivity index (χ4n) is 2.41. The number of halogens is 1. The summed E-state index contributed by atoms with van der Waals surface area (Å²) in [5.41, 5.74) is 5.50. The fourth-order valence-corrected chi connectivity index (χ4v) is 2.41. The molecular formula is C18H14FN7O. The van der Waals surface area contributed by atoms with Crippen LogP contribution in [-0.4, -0.2) is 26.5 Å². The molecule has 0 bridgehead atoms. The lowest BCUT2D eigenvalue weighted by atomic mass is 10.2. The van der Waals surface area contributed by atoms with Gasteiger partial charge < -0.3 is 5.32 Å². The van der Waals surface area contributed by atoms with Crippen molar-refractivity contribution in [2.45, 2.75) is 6.92 Å². The Morgan fingerprint density at radius 2 is 1.78 bits per heavy atom. The molecule has 27 heavy (non-hydrogen) atoms. The summed E-state index contributed by atoms with van der Waals surface area (Å²) in [7, 11) is 0. The van der Waals surface area contributed by atoms with Gasteiger partial charge in [-0.2, -0.15) is 10.1 Å². The summed E-state index contributed by atoms with van der Waals surface area (Å²) in [6.45, 7) is 1.99. The van der Waals surface area contributed by atoms with Gasteiger partial charge in [0.15, 0.2) is 11.6 Å². The smallest absolute Gasteiger partial charge is 0.245 e. The number of benzene rings is 2. The molecule has 4 aromatic rings. The van der Waals surface area contributed by atoms with Crippen LogP contribution in [0, 0.1) is 12.7 Å². The second-order valence-corrected chi connectivity index (χ2v) is 5.72. The maximum Gasteiger partial charge on any atom is 0.245 e. The number of aromatic nitrogens is 4. The monoisotopic (exact) mass is 363 g/mol. The van der Waals surface area contributed by atoms with Crippen molar-refractivity contribution < 1.29 is 9.02 Å². The predicted octanol–water partition coefficient (Wildman–Crippen LogP) is 3.65. The molecule has 2 heterocycles. The SMILES string of the molecule is Cc1cccc(Nc2nc3nonc3nc2NN=Cc2ccccc2F)c1. The molecule has 2 aromatic heterocycles. The molecule has 9 heteroatoms. The van der Waals surface area contributed by atoms with Crippen molar-refractivity contribution >= 4 is 34.8 Å². The van der Waals surface area contributed by atoms with Crippen molar-refractivity contribution in [1.29, 1.82) is 0 Å². The molecule has 2 aromatic carbocycles. The summed E-state index contributed by atoms with van der Waals surface area (Å²) in [5, 5.41) is 14.6. The molecular weight excluding hydrogens is 349 g/mol. The average Bonchev–Trinajstić information content (AvgIpc) is 3.10. The van der Waals surface area contributed by atoms with E-state index in [2.05, 4.69) is 40.8 Å². The van der Waals surface area contributed by atoms with E-state index < -0.39 is 0 Å². The van der Waals surface area contributed by atoms with Crippen molar-refractivity contribution in [3.05, 3.63) is 65.5 Å². The quantitative estimate of drug-likeness (QED) is 0.412. The normalized spacial score (nSPS) is 11.2. The first-order valence-electron chi connectivity index (χ1n) is 8.06. The zero-order valence-electron chi connectivity index (χ0n) is 14.2. The molecule has 0 aliphatic heterocycles. The Morgan fingerprint density at radius 3 is 2.56 bits per heavy atom. The van der Waals surface area contributed by atoms with E-state index in [0.717, 1.165) is 11.3 Å². The number of hydrogen-bond donors (Lipinski definition) is 2. The molecule has 0 unspecified atom stereocenters. The first kappa shape index (κ1) is 16.6. The van der Waals surface area contributed by atoms with E-state index in [0.29, 0.717) is 17.2 Å². The molecule has 0 saturated heterocycles. The van der Waals surface area contributed by atoms with Crippen molar-refractivity contribution in [3.63, 3.8) is 0 Å². The maximum atomic E-state index is 13.7. The minimum Gasteiger partial charge on any atom is -0.337 e. The number of hydrazone groups is 1. The highest BCUT2D eigenvalue weighted by Gasteiger charge is 2.13. The lowest BCUT2D eigenvalue weighted by Gasteiger charge is -2.09. The topological polar surface area (TPSA) is 101 Å². The maximum absolute atomic E-state index is 13.7. The minimum absolute atomic E-state index is 0.230. The first-order chi connectivity index (χ1) is 13.2. The van der Waals surface area contributed by atoms with Gasteiger partial charge >= 0.3 is 0 Å². The van der Waals surface area contributed by atoms with E-state index >= 15 is 0 Å². The summed E-state index contributed by atoms with van der Waals surface area (Å²) in [5.74, 6) is 0.310. The van der Waals surface area contributed by atoms with Crippen LogP contribution in [0.2, 0.25) is 0 Å². The van der Waals surface area contributed by atoms with Gasteiger partial charge in [-0.3, -0.25) is 5.43 Å². The lowest BCUT2D eigenvalue weighted by Crippen LogP contribution is -2.03. The number of rotatable bonds is 5. The highest BCUT2D eigenvalue weighted by Crippen LogP contribution is 2.24. The summed E-state index contributed by atoms with van der Waals surface area (Å²) in [4.78, 5) is 8.65. The lowest BCUT2D eigenvalue weighted by molar-refractivity contribution is 0.314. The standard InChI is InChI=1S/C18H14FN7O/c1-11-5-4-7-13(9-11)21-15-16(23-18-17(22-15)25-27-26-18)24-20-10-12-6-2-3-8-14(12)19/h2-10H,1H3,(H,21,22,25)(H,23,24,26). The summed E-state index contributed by atoms with van der Waals surface area (Å²) < 4.78 is 18.4. The van der Waals surface area contributed by atoms with Gasteiger partial charge in [0.25, 0.3) is 0 Å². The van der Waals surface area contributed by atoms with E-state index in [1.54, 1.807) is 18.2 Å². The number of aryl methyl sites for hydroxylation is 1. The zero-order valence-corrected chi connectivity index (χ0v) is 14.2. The van der Waals surface area contributed by atoms with Crippen molar-refractivity contribution in [3.8, 4) is 0 Å². The highest BCUT2D eigenvalue weighted by atomic mass is 19.1. The third-order valence-electron chi connectivity index (χ3n) is 3.67. The summed E-state index contributed by atoms with van der Waals surface area (Å²) >= 11 is 0. The van der Waals surface area contributed by atoms with Crippen molar-refractivity contribution in [2.75, 3.05) is 10.7 Å². The Bertz CT molecular complexity index is 1130. The number of fused-ring (bicyclic) bond motifs is 1. The van der Waals surface area contributed by atoms with Crippen LogP contribution in [0.25, 0.3) is 11.3 Å². The number of hydrogen-bond acceptors (Lipinski definition) is 8. The van der Waals surface area contributed by atoms with Crippen LogP contribution in [0.1, 0.15) is 11.1 Å². The molecule has 4 rings (SSSR count). The van der Waals surface area contributed by atoms with Crippen LogP contribution < -0.4 is 10.7 Å². The Kier molecular flexibility index (Phi) is 4.40. The minimum atomic E-state index is -0.372. The van der Waals surface area contributed by atoms with Gasteiger partial charge in [0.05, 0.1) is 6.21 Å². The van der Waals surface area contributed by atoms with Crippen molar-refractivity contribution in [2.24, 2.45) is 5.10 Å². The molecule has 134 valence electrons. The highest BCUT2D eigenvalue weighted by molar-refractivity contribution is 5.82. The van der Waals surface area contributed by atoms with Gasteiger partial charge in [-0.25, -0.2) is 14.0 Å². The first-order valence-corrected chi connectivity index (χ1v) is 8.06. The molecule has 8 nitrogen and oxygen atoms in total. The molecule has 0 radical (unpaired) electrons. The molecule has 0 fully saturated rings. The third-order valence-corrected chi connectivity index (χ3v) is 3.67. The van der Waals surface area contributed by atoms with E-state index in [1.807, 2.05) is 31.2 Å². The molecule has 0 saturated carbocycles. The fraction of sp³-hybridized carbons (Fsp3) is 0.0556. The van der Waals surface area contributed by atoms with E-state index in [1.165, 1.54) is 12.3 Å². The predicted molar refractivity (Wildman–Crippen MR) is 99.5 cm³/mol. The second-order valence-electron chi connectivity index (χ2n) is 5.72. The molecule has 0 aliphatic carbocycles. The molecule has 2 N–H and O–H groups in total. The van der Waals surface area contributed by atoms with Crippen molar-refractivity contribution in [1.82, 2.24) is 20.3 Å². The molecule has 0 aliphatic rings. The molecule has 0 spiro atoms. The van der Waals surface area contributed by atoms with Gasteiger partial charge in [0.1, 0.15) is 5.82 Å². The van der Waals surface area contributed by atoms with Crippen LogP contribution in [-0.2, 0) is 0 Å². The Morgan fingerprint density at radius 1 is 1.00 bits per heavy atom. The van der Waals surface area contributed by atoms with Crippen LogP contribution in [0.3, 0.4) is 0 Å². The van der Waals surface area contributed by atoms with Crippen LogP contribution in [0.5, 0.6) is 0 Å². The Balaban J connectivity index is 1.65. The van der Waals surface area contributed by atoms with Gasteiger partial charge in [-0.05, 0) is 41.0 Å². The van der Waals surface area contributed by atoms with E-state index in [9.17, 15) is 4.39 Å². The molecule has 0 atom stereocenters. The summed E-state index contributed by atoms with van der Waals surface area (Å²) in [6.07, 6.45) is 1.36. The zero-order chi connectivity index (χ0) is 18.6. The van der Waals surface area contributed by atoms with Gasteiger partial charge in [-0.1, -0.05) is 30.3 Å². The van der Waals surface area contributed by atoms with Gasteiger partial charge in [0.2, 0.25) is 11.3 Å². The number of nitrogens with one attached hydrogen (secondary N) is 2. The van der Waals surface area contributed by atoms with Gasteiger partial charge in [0, 0.05) is 11.3 Å². The third kappa shape index (κ3) is 3.71. The van der Waals surface area contributed by atoms with Crippen LogP contribution in [0.4, 0.5) is 21.7 Å². The second kappa shape index (κ2) is 7.16. The number of nitrogens with zero attached hydrogens (tertiary/aromatic N) is 5. The Labute approximate surface area is 153 Å². The van der Waals surface area contributed by atoms with E-state index in [4.69, 9.17) is 0 Å². The summed E-state index contributed by atoms with van der Waals surface area (Å²) in [6, 6.07) is 14.1.